The van der Waals surface area contributed by atoms with Crippen LogP contribution in [0.15, 0.2) is 47.4 Å². The van der Waals surface area contributed by atoms with Gasteiger partial charge in [0, 0.05) is 12.6 Å². The van der Waals surface area contributed by atoms with Gasteiger partial charge in [0.2, 0.25) is 10.0 Å². The molecule has 1 unspecified atom stereocenters. The van der Waals surface area contributed by atoms with Gasteiger partial charge in [0.1, 0.15) is 21.7 Å². The second kappa shape index (κ2) is 6.46. The van der Waals surface area contributed by atoms with E-state index in [1.807, 2.05) is 31.2 Å². The Hall–Kier alpha value is -2.03. The third-order valence-corrected chi connectivity index (χ3v) is 6.54. The van der Waals surface area contributed by atoms with E-state index >= 15 is 0 Å². The highest BCUT2D eigenvalue weighted by Crippen LogP contribution is 2.33. The first kappa shape index (κ1) is 16.8. The fourth-order valence-electron chi connectivity index (χ4n) is 2.56. The van der Waals surface area contributed by atoms with Gasteiger partial charge < -0.3 is 4.74 Å². The van der Waals surface area contributed by atoms with E-state index in [1.165, 1.54) is 4.31 Å². The first-order valence-corrected chi connectivity index (χ1v) is 9.46. The van der Waals surface area contributed by atoms with Gasteiger partial charge in [0.25, 0.3) is 0 Å². The SMILES string of the molecule is COc1ccccc1C(C)N(C)S(=O)(=O)c1cccc2nsnc12. The smallest absolute Gasteiger partial charge is 0.245 e. The third-order valence-electron chi connectivity index (χ3n) is 4.04. The van der Waals surface area contributed by atoms with Crippen molar-refractivity contribution in [2.45, 2.75) is 17.9 Å². The van der Waals surface area contributed by atoms with E-state index < -0.39 is 16.1 Å². The number of ether oxygens (including phenoxy) is 1. The summed E-state index contributed by atoms with van der Waals surface area (Å²) in [5.74, 6) is 0.653. The highest BCUT2D eigenvalue weighted by molar-refractivity contribution is 7.89. The zero-order valence-electron chi connectivity index (χ0n) is 13.5. The van der Waals surface area contributed by atoms with E-state index in [-0.39, 0.29) is 4.90 Å². The molecule has 0 aliphatic rings. The van der Waals surface area contributed by atoms with Crippen LogP contribution in [0.3, 0.4) is 0 Å². The summed E-state index contributed by atoms with van der Waals surface area (Å²) < 4.78 is 41.1. The maximum absolute atomic E-state index is 13.1. The number of sulfonamides is 1. The summed E-state index contributed by atoms with van der Waals surface area (Å²) in [7, 11) is -0.594. The molecule has 2 aromatic carbocycles. The summed E-state index contributed by atoms with van der Waals surface area (Å²) in [4.78, 5) is 0.165. The van der Waals surface area contributed by atoms with Crippen molar-refractivity contribution in [1.29, 1.82) is 0 Å². The van der Waals surface area contributed by atoms with Crippen LogP contribution < -0.4 is 4.74 Å². The summed E-state index contributed by atoms with van der Waals surface area (Å²) in [6.45, 7) is 1.83. The molecule has 1 atom stereocenters. The highest BCUT2D eigenvalue weighted by atomic mass is 32.2. The molecule has 0 radical (unpaired) electrons. The minimum atomic E-state index is -3.73. The molecule has 6 nitrogen and oxygen atoms in total. The molecule has 0 aliphatic carbocycles. The summed E-state index contributed by atoms with van der Waals surface area (Å²) in [6.07, 6.45) is 0. The second-order valence-electron chi connectivity index (χ2n) is 5.33. The largest absolute Gasteiger partial charge is 0.496 e. The van der Waals surface area contributed by atoms with Crippen molar-refractivity contribution < 1.29 is 13.2 Å². The molecule has 3 rings (SSSR count). The number of hydrogen-bond acceptors (Lipinski definition) is 6. The van der Waals surface area contributed by atoms with Gasteiger partial charge in [0.05, 0.1) is 24.9 Å². The van der Waals surface area contributed by atoms with Gasteiger partial charge in [-0.2, -0.15) is 13.1 Å². The van der Waals surface area contributed by atoms with Crippen molar-refractivity contribution in [3.8, 4) is 5.75 Å². The molecule has 24 heavy (non-hydrogen) atoms. The van der Waals surface area contributed by atoms with Crippen molar-refractivity contribution in [2.24, 2.45) is 0 Å². The van der Waals surface area contributed by atoms with E-state index in [0.29, 0.717) is 16.8 Å². The Labute approximate surface area is 145 Å². The normalized spacial score (nSPS) is 13.3. The zero-order chi connectivity index (χ0) is 17.3. The fourth-order valence-corrected chi connectivity index (χ4v) is 4.65. The maximum Gasteiger partial charge on any atom is 0.245 e. The Morgan fingerprint density at radius 1 is 1.12 bits per heavy atom. The summed E-state index contributed by atoms with van der Waals surface area (Å²) in [5, 5.41) is 0. The average molecular weight is 363 g/mol. The lowest BCUT2D eigenvalue weighted by Crippen LogP contribution is -2.30. The van der Waals surface area contributed by atoms with Crippen molar-refractivity contribution in [3.63, 3.8) is 0 Å². The predicted octanol–water partition coefficient (Wildman–Crippen LogP) is 3.08. The highest BCUT2D eigenvalue weighted by Gasteiger charge is 2.30. The molecule has 0 bridgehead atoms. The molecular weight excluding hydrogens is 346 g/mol. The number of para-hydroxylation sites is 1. The topological polar surface area (TPSA) is 72.4 Å². The first-order valence-electron chi connectivity index (χ1n) is 7.29. The molecule has 0 N–H and O–H groups in total. The van der Waals surface area contributed by atoms with Gasteiger partial charge >= 0.3 is 0 Å². The number of hydrogen-bond donors (Lipinski definition) is 0. The number of rotatable bonds is 5. The lowest BCUT2D eigenvalue weighted by Gasteiger charge is -2.26. The van der Waals surface area contributed by atoms with Gasteiger partial charge in [-0.1, -0.05) is 24.3 Å². The molecule has 0 saturated heterocycles. The van der Waals surface area contributed by atoms with Crippen LogP contribution in [0.4, 0.5) is 0 Å². The first-order chi connectivity index (χ1) is 11.5. The number of aromatic nitrogens is 2. The van der Waals surface area contributed by atoms with Crippen molar-refractivity contribution in [1.82, 2.24) is 13.1 Å². The van der Waals surface area contributed by atoms with Gasteiger partial charge in [-0.3, -0.25) is 0 Å². The molecule has 0 amide bonds. The standard InChI is InChI=1S/C16H17N3O3S2/c1-11(12-7-4-5-9-14(12)22-3)19(2)24(20,21)15-10-6-8-13-16(15)18-23-17-13/h4-11H,1-3H3. The molecule has 126 valence electrons. The van der Waals surface area contributed by atoms with Crippen molar-refractivity contribution >= 4 is 32.8 Å². The number of methoxy groups -OCH3 is 1. The Morgan fingerprint density at radius 3 is 2.62 bits per heavy atom. The maximum atomic E-state index is 13.1. The molecule has 0 saturated carbocycles. The van der Waals surface area contributed by atoms with Crippen LogP contribution in [-0.2, 0) is 10.0 Å². The quantitative estimate of drug-likeness (QED) is 0.696. The van der Waals surface area contributed by atoms with Crippen molar-refractivity contribution in [3.05, 3.63) is 48.0 Å². The molecule has 1 heterocycles. The van der Waals surface area contributed by atoms with Gasteiger partial charge in [-0.05, 0) is 25.1 Å². The van der Waals surface area contributed by atoms with Crippen molar-refractivity contribution in [2.75, 3.05) is 14.2 Å². The molecule has 0 aliphatic heterocycles. The predicted molar refractivity (Wildman–Crippen MR) is 93.8 cm³/mol. The van der Waals surface area contributed by atoms with E-state index in [0.717, 1.165) is 17.3 Å². The summed E-state index contributed by atoms with van der Waals surface area (Å²) in [6, 6.07) is 12.0. The molecule has 8 heteroatoms. The van der Waals surface area contributed by atoms with Gasteiger partial charge in [-0.15, -0.1) is 0 Å². The lowest BCUT2D eigenvalue weighted by atomic mass is 10.1. The fraction of sp³-hybridized carbons (Fsp3) is 0.250. The van der Waals surface area contributed by atoms with Crippen LogP contribution in [0.25, 0.3) is 11.0 Å². The minimum Gasteiger partial charge on any atom is -0.496 e. The summed E-state index contributed by atoms with van der Waals surface area (Å²) in [5.41, 5.74) is 1.79. The number of fused-ring (bicyclic) bond motifs is 1. The second-order valence-corrected chi connectivity index (χ2v) is 7.82. The third kappa shape index (κ3) is 2.77. The van der Waals surface area contributed by atoms with E-state index in [9.17, 15) is 8.42 Å². The molecule has 0 spiro atoms. The number of nitrogens with zero attached hydrogens (tertiary/aromatic N) is 3. The van der Waals surface area contributed by atoms with E-state index in [4.69, 9.17) is 4.74 Å². The molecule has 1 aromatic heterocycles. The number of benzene rings is 2. The monoisotopic (exact) mass is 363 g/mol. The average Bonchev–Trinajstić information content (AvgIpc) is 3.08. The van der Waals surface area contributed by atoms with E-state index in [2.05, 4.69) is 8.75 Å². The lowest BCUT2D eigenvalue weighted by molar-refractivity contribution is 0.367. The Bertz CT molecular complexity index is 969. The van der Waals surface area contributed by atoms with Crippen LogP contribution in [0, 0.1) is 0 Å². The molecule has 0 fully saturated rings. The van der Waals surface area contributed by atoms with Gasteiger partial charge in [-0.25, -0.2) is 8.42 Å². The van der Waals surface area contributed by atoms with Crippen LogP contribution in [0.5, 0.6) is 5.75 Å². The van der Waals surface area contributed by atoms with Crippen LogP contribution in [-0.4, -0.2) is 35.6 Å². The van der Waals surface area contributed by atoms with E-state index in [1.54, 1.807) is 32.4 Å². The Balaban J connectivity index is 2.05. The molecular formula is C16H17N3O3S2. The van der Waals surface area contributed by atoms with Gasteiger partial charge in [0.15, 0.2) is 0 Å². The zero-order valence-corrected chi connectivity index (χ0v) is 15.1. The van der Waals surface area contributed by atoms with Crippen LogP contribution in [0.2, 0.25) is 0 Å². The van der Waals surface area contributed by atoms with Crippen LogP contribution in [0.1, 0.15) is 18.5 Å². The van der Waals surface area contributed by atoms with Crippen LogP contribution >= 0.6 is 11.7 Å². The Morgan fingerprint density at radius 2 is 1.88 bits per heavy atom. The Kier molecular flexibility index (Phi) is 4.53. The molecule has 3 aromatic rings. The summed E-state index contributed by atoms with van der Waals surface area (Å²) >= 11 is 1.00. The minimum absolute atomic E-state index is 0.165.